The van der Waals surface area contributed by atoms with Crippen molar-refractivity contribution in [1.82, 2.24) is 0 Å². The van der Waals surface area contributed by atoms with E-state index in [1.807, 2.05) is 12.1 Å². The van der Waals surface area contributed by atoms with E-state index in [4.69, 9.17) is 10.3 Å². The van der Waals surface area contributed by atoms with E-state index in [-0.39, 0.29) is 12.5 Å². The van der Waals surface area contributed by atoms with E-state index in [0.29, 0.717) is 19.4 Å². The van der Waals surface area contributed by atoms with Crippen LogP contribution in [0.4, 0.5) is 16.2 Å². The average molecular weight is 301 g/mol. The number of rotatable bonds is 3. The van der Waals surface area contributed by atoms with Crippen molar-refractivity contribution < 1.29 is 14.3 Å². The molecule has 1 fully saturated rings. The van der Waals surface area contributed by atoms with Crippen LogP contribution in [0.5, 0.6) is 0 Å². The maximum Gasteiger partial charge on any atom is 0.414 e. The quantitative estimate of drug-likeness (QED) is 0.486. The first-order valence-electron chi connectivity index (χ1n) is 6.98. The lowest BCUT2D eigenvalue weighted by Gasteiger charge is -2.27. The first-order valence-corrected chi connectivity index (χ1v) is 6.98. The Hall–Kier alpha value is -2.73. The molecule has 8 nitrogen and oxygen atoms in total. The van der Waals surface area contributed by atoms with Crippen LogP contribution in [0.2, 0.25) is 0 Å². The van der Waals surface area contributed by atoms with E-state index >= 15 is 0 Å². The summed E-state index contributed by atoms with van der Waals surface area (Å²) in [4.78, 5) is 29.5. The molecule has 0 saturated carbocycles. The minimum absolute atomic E-state index is 0.0928. The first kappa shape index (κ1) is 14.2. The summed E-state index contributed by atoms with van der Waals surface area (Å²) in [5.74, 6) is 0.0928. The van der Waals surface area contributed by atoms with Gasteiger partial charge in [0.05, 0.1) is 13.1 Å². The van der Waals surface area contributed by atoms with Crippen LogP contribution in [-0.4, -0.2) is 38.2 Å². The SMILES string of the molecule is CN1C(=O)CCc2cc(N3C[C@H](CN=[N+]=[N-])OC3=O)ccc21. The second kappa shape index (κ2) is 5.57. The van der Waals surface area contributed by atoms with Gasteiger partial charge in [0.15, 0.2) is 0 Å². The summed E-state index contributed by atoms with van der Waals surface area (Å²) < 4.78 is 5.17. The molecule has 2 heterocycles. The van der Waals surface area contributed by atoms with Gasteiger partial charge in [-0.15, -0.1) is 0 Å². The highest BCUT2D eigenvalue weighted by atomic mass is 16.6. The third kappa shape index (κ3) is 2.44. The van der Waals surface area contributed by atoms with E-state index in [0.717, 1.165) is 16.9 Å². The van der Waals surface area contributed by atoms with Crippen LogP contribution in [0.3, 0.4) is 0 Å². The van der Waals surface area contributed by atoms with Crippen molar-refractivity contribution >= 4 is 23.4 Å². The number of azide groups is 1. The Morgan fingerprint density at radius 3 is 3.00 bits per heavy atom. The van der Waals surface area contributed by atoms with Crippen molar-refractivity contribution in [2.45, 2.75) is 18.9 Å². The van der Waals surface area contributed by atoms with E-state index in [2.05, 4.69) is 10.0 Å². The Morgan fingerprint density at radius 2 is 2.23 bits per heavy atom. The lowest BCUT2D eigenvalue weighted by Crippen LogP contribution is -2.31. The fourth-order valence-electron chi connectivity index (χ4n) is 2.77. The molecule has 1 atom stereocenters. The van der Waals surface area contributed by atoms with Crippen molar-refractivity contribution in [3.05, 3.63) is 34.2 Å². The van der Waals surface area contributed by atoms with Gasteiger partial charge in [0.1, 0.15) is 6.10 Å². The normalized spacial score (nSPS) is 20.5. The molecule has 0 aliphatic carbocycles. The largest absolute Gasteiger partial charge is 0.444 e. The van der Waals surface area contributed by atoms with Crippen LogP contribution in [0.1, 0.15) is 12.0 Å². The van der Waals surface area contributed by atoms with Gasteiger partial charge in [-0.3, -0.25) is 9.69 Å². The molecule has 2 aliphatic heterocycles. The molecule has 0 aromatic heterocycles. The monoisotopic (exact) mass is 301 g/mol. The Labute approximate surface area is 126 Å². The predicted octanol–water partition coefficient (Wildman–Crippen LogP) is 2.23. The molecule has 8 heteroatoms. The van der Waals surface area contributed by atoms with Gasteiger partial charge in [0.2, 0.25) is 5.91 Å². The number of carbonyl (C=O) groups is 2. The maximum atomic E-state index is 11.9. The Bertz CT molecular complexity index is 683. The average Bonchev–Trinajstić information content (AvgIpc) is 2.89. The molecule has 1 saturated heterocycles. The zero-order valence-corrected chi connectivity index (χ0v) is 12.1. The van der Waals surface area contributed by atoms with Gasteiger partial charge in [0, 0.05) is 29.8 Å². The summed E-state index contributed by atoms with van der Waals surface area (Å²) in [6.45, 7) is 0.479. The van der Waals surface area contributed by atoms with Crippen LogP contribution >= 0.6 is 0 Å². The lowest BCUT2D eigenvalue weighted by atomic mass is 10.0. The minimum atomic E-state index is -0.446. The number of fused-ring (bicyclic) bond motifs is 1. The number of hydrogen-bond acceptors (Lipinski definition) is 4. The molecule has 1 aromatic carbocycles. The molecule has 0 bridgehead atoms. The Kier molecular flexibility index (Phi) is 3.60. The molecule has 22 heavy (non-hydrogen) atoms. The number of amides is 2. The number of hydrogen-bond donors (Lipinski definition) is 0. The van der Waals surface area contributed by atoms with Crippen LogP contribution in [0.25, 0.3) is 10.4 Å². The van der Waals surface area contributed by atoms with Crippen LogP contribution in [0.15, 0.2) is 23.3 Å². The molecule has 2 amide bonds. The number of anilines is 2. The van der Waals surface area contributed by atoms with Gasteiger partial charge < -0.3 is 9.64 Å². The summed E-state index contributed by atoms with van der Waals surface area (Å²) in [6.07, 6.45) is 0.260. The van der Waals surface area contributed by atoms with Crippen molar-refractivity contribution in [2.75, 3.05) is 29.9 Å². The second-order valence-electron chi connectivity index (χ2n) is 5.30. The molecule has 0 radical (unpaired) electrons. The molecular formula is C14H15N5O3. The summed E-state index contributed by atoms with van der Waals surface area (Å²) in [5, 5.41) is 3.44. The van der Waals surface area contributed by atoms with Gasteiger partial charge in [-0.2, -0.15) is 0 Å². The zero-order chi connectivity index (χ0) is 15.7. The van der Waals surface area contributed by atoms with Crippen LogP contribution in [0, 0.1) is 0 Å². The topological polar surface area (TPSA) is 98.6 Å². The number of benzene rings is 1. The molecule has 114 valence electrons. The van der Waals surface area contributed by atoms with E-state index in [9.17, 15) is 9.59 Å². The molecule has 3 rings (SSSR count). The highest BCUT2D eigenvalue weighted by Gasteiger charge is 2.32. The fourth-order valence-corrected chi connectivity index (χ4v) is 2.77. The fraction of sp³-hybridized carbons (Fsp3) is 0.429. The zero-order valence-electron chi connectivity index (χ0n) is 12.1. The second-order valence-corrected chi connectivity index (χ2v) is 5.30. The molecule has 0 unspecified atom stereocenters. The lowest BCUT2D eigenvalue weighted by molar-refractivity contribution is -0.118. The Balaban J connectivity index is 1.83. The van der Waals surface area contributed by atoms with Gasteiger partial charge in [-0.1, -0.05) is 5.11 Å². The predicted molar refractivity (Wildman–Crippen MR) is 79.8 cm³/mol. The van der Waals surface area contributed by atoms with Crippen LogP contribution < -0.4 is 9.80 Å². The van der Waals surface area contributed by atoms with Gasteiger partial charge in [-0.25, -0.2) is 4.79 Å². The molecule has 2 aliphatic rings. The molecule has 0 spiro atoms. The van der Waals surface area contributed by atoms with Crippen molar-refractivity contribution in [3.8, 4) is 0 Å². The number of cyclic esters (lactones) is 1. The van der Waals surface area contributed by atoms with Crippen molar-refractivity contribution in [3.63, 3.8) is 0 Å². The van der Waals surface area contributed by atoms with Gasteiger partial charge in [0.25, 0.3) is 0 Å². The summed E-state index contributed by atoms with van der Waals surface area (Å²) in [5.41, 5.74) is 11.0. The first-order chi connectivity index (χ1) is 10.6. The van der Waals surface area contributed by atoms with Crippen molar-refractivity contribution in [1.29, 1.82) is 0 Å². The minimum Gasteiger partial charge on any atom is -0.444 e. The maximum absolute atomic E-state index is 11.9. The molecular weight excluding hydrogens is 286 g/mol. The molecule has 0 N–H and O–H groups in total. The highest BCUT2D eigenvalue weighted by Crippen LogP contribution is 2.32. The molecule has 1 aromatic rings. The summed E-state index contributed by atoms with van der Waals surface area (Å²) >= 11 is 0. The van der Waals surface area contributed by atoms with Crippen molar-refractivity contribution in [2.24, 2.45) is 5.11 Å². The highest BCUT2D eigenvalue weighted by molar-refractivity contribution is 5.97. The number of aryl methyl sites for hydroxylation is 1. The van der Waals surface area contributed by atoms with Gasteiger partial charge in [-0.05, 0) is 35.7 Å². The Morgan fingerprint density at radius 1 is 1.41 bits per heavy atom. The van der Waals surface area contributed by atoms with E-state index in [1.165, 1.54) is 4.90 Å². The summed E-state index contributed by atoms with van der Waals surface area (Å²) in [6, 6.07) is 5.55. The summed E-state index contributed by atoms with van der Waals surface area (Å²) in [7, 11) is 1.75. The third-order valence-electron chi connectivity index (χ3n) is 3.94. The van der Waals surface area contributed by atoms with E-state index < -0.39 is 12.2 Å². The van der Waals surface area contributed by atoms with E-state index in [1.54, 1.807) is 18.0 Å². The number of ether oxygens (including phenoxy) is 1. The standard InChI is InChI=1S/C14H15N5O3/c1-18-12-4-3-10(6-9(12)2-5-13(18)20)19-8-11(7-16-17-15)22-14(19)21/h3-4,6,11H,2,5,7-8H2,1H3/t11-/m0/s1. The van der Waals surface area contributed by atoms with Crippen LogP contribution in [-0.2, 0) is 16.0 Å². The third-order valence-corrected chi connectivity index (χ3v) is 3.94. The smallest absolute Gasteiger partial charge is 0.414 e. The number of nitrogens with zero attached hydrogens (tertiary/aromatic N) is 5. The van der Waals surface area contributed by atoms with Gasteiger partial charge >= 0.3 is 6.09 Å². The number of carbonyl (C=O) groups excluding carboxylic acids is 2.